The molecule has 8 nitrogen and oxygen atoms in total. The molecule has 0 amide bonds. The summed E-state index contributed by atoms with van der Waals surface area (Å²) < 4.78 is 11.3. The molecule has 2 aliphatic heterocycles. The molecule has 0 spiro atoms. The predicted molar refractivity (Wildman–Crippen MR) is 133 cm³/mol. The second kappa shape index (κ2) is 10.4. The third kappa shape index (κ3) is 4.23. The minimum Gasteiger partial charge on any atom is -0.496 e. The number of aldehydes is 2. The number of anilines is 2. The number of carbonyl (C=O) groups excluding carboxylic acids is 2. The minimum atomic E-state index is -0.635. The van der Waals surface area contributed by atoms with Gasteiger partial charge in [0.2, 0.25) is 0 Å². The third-order valence-electron chi connectivity index (χ3n) is 7.17. The maximum Gasteiger partial charge on any atom is 0.126 e. The lowest BCUT2D eigenvalue weighted by Gasteiger charge is -2.36. The molecular formula is C26H34N4O4. The number of rotatable bonds is 12. The number of ether oxygens (including phenoxy) is 2. The van der Waals surface area contributed by atoms with Crippen LogP contribution in [0.15, 0.2) is 36.4 Å². The fourth-order valence-electron chi connectivity index (χ4n) is 5.63. The molecule has 2 unspecified atom stereocenters. The van der Waals surface area contributed by atoms with Gasteiger partial charge in [-0.2, -0.15) is 0 Å². The first-order chi connectivity index (χ1) is 16.6. The number of nitrogens with two attached hydrogens (primary N) is 1. The van der Waals surface area contributed by atoms with Crippen LogP contribution in [0, 0.1) is 0 Å². The molecule has 0 radical (unpaired) electrons. The molecule has 0 saturated heterocycles. The van der Waals surface area contributed by atoms with E-state index in [1.165, 1.54) is 0 Å². The second-order valence-corrected chi connectivity index (χ2v) is 8.92. The van der Waals surface area contributed by atoms with E-state index < -0.39 is 11.7 Å². The van der Waals surface area contributed by atoms with Gasteiger partial charge in [-0.3, -0.25) is 0 Å². The van der Waals surface area contributed by atoms with Gasteiger partial charge in [0.1, 0.15) is 24.1 Å². The summed E-state index contributed by atoms with van der Waals surface area (Å²) in [6.07, 6.45) is 4.49. The summed E-state index contributed by atoms with van der Waals surface area (Å²) in [6.45, 7) is 0.664. The van der Waals surface area contributed by atoms with E-state index >= 15 is 0 Å². The molecule has 0 saturated carbocycles. The van der Waals surface area contributed by atoms with Gasteiger partial charge in [-0.25, -0.2) is 0 Å². The molecule has 0 fully saturated rings. The average molecular weight is 467 g/mol. The van der Waals surface area contributed by atoms with Gasteiger partial charge >= 0.3 is 0 Å². The Morgan fingerprint density at radius 3 is 2.38 bits per heavy atom. The summed E-state index contributed by atoms with van der Waals surface area (Å²) >= 11 is 0. The first-order valence-electron chi connectivity index (χ1n) is 11.8. The van der Waals surface area contributed by atoms with Crippen LogP contribution >= 0.6 is 0 Å². The number of hydrogen-bond acceptors (Lipinski definition) is 8. The van der Waals surface area contributed by atoms with Crippen molar-refractivity contribution in [2.75, 3.05) is 31.4 Å². The Hall–Kier alpha value is -3.10. The van der Waals surface area contributed by atoms with Crippen LogP contribution in [0.5, 0.6) is 11.5 Å². The van der Waals surface area contributed by atoms with Crippen LogP contribution in [0.1, 0.15) is 49.1 Å². The van der Waals surface area contributed by atoms with E-state index in [-0.39, 0.29) is 12.0 Å². The molecule has 4 atom stereocenters. The average Bonchev–Trinajstić information content (AvgIpc) is 3.35. The van der Waals surface area contributed by atoms with Gasteiger partial charge < -0.3 is 40.7 Å². The zero-order valence-electron chi connectivity index (χ0n) is 19.8. The van der Waals surface area contributed by atoms with Crippen LogP contribution in [-0.2, 0) is 15.1 Å². The van der Waals surface area contributed by atoms with E-state index in [0.29, 0.717) is 25.8 Å². The van der Waals surface area contributed by atoms with Crippen molar-refractivity contribution in [3.8, 4) is 11.5 Å². The summed E-state index contributed by atoms with van der Waals surface area (Å²) in [7, 11) is 3.33. The Balaban J connectivity index is 1.56. The van der Waals surface area contributed by atoms with E-state index in [1.54, 1.807) is 14.2 Å². The molecule has 0 aliphatic carbocycles. The van der Waals surface area contributed by atoms with Crippen molar-refractivity contribution in [3.63, 3.8) is 0 Å². The van der Waals surface area contributed by atoms with E-state index in [9.17, 15) is 9.59 Å². The molecule has 0 aromatic heterocycles. The van der Waals surface area contributed by atoms with Gasteiger partial charge in [-0.15, -0.1) is 0 Å². The molecule has 34 heavy (non-hydrogen) atoms. The van der Waals surface area contributed by atoms with Gasteiger partial charge in [0.15, 0.2) is 0 Å². The summed E-state index contributed by atoms with van der Waals surface area (Å²) in [6, 6.07) is 12.0. The van der Waals surface area contributed by atoms with Crippen molar-refractivity contribution in [2.45, 2.75) is 55.8 Å². The van der Waals surface area contributed by atoms with Crippen LogP contribution in [0.4, 0.5) is 11.4 Å². The second-order valence-electron chi connectivity index (χ2n) is 8.92. The lowest BCUT2D eigenvalue weighted by Crippen LogP contribution is -2.56. The van der Waals surface area contributed by atoms with E-state index in [4.69, 9.17) is 15.2 Å². The number of hydrogen-bond donors (Lipinski definition) is 4. The van der Waals surface area contributed by atoms with Crippen LogP contribution in [0.2, 0.25) is 0 Å². The van der Waals surface area contributed by atoms with Crippen LogP contribution in [-0.4, -0.2) is 45.5 Å². The van der Waals surface area contributed by atoms with E-state index in [2.05, 4.69) is 22.0 Å². The molecular weight excluding hydrogens is 432 g/mol. The summed E-state index contributed by atoms with van der Waals surface area (Å²) in [4.78, 5) is 22.5. The topological polar surface area (TPSA) is 115 Å². The molecule has 2 aromatic rings. The van der Waals surface area contributed by atoms with Crippen molar-refractivity contribution in [2.24, 2.45) is 5.73 Å². The molecule has 2 heterocycles. The summed E-state index contributed by atoms with van der Waals surface area (Å²) in [5, 5.41) is 10.7. The van der Waals surface area contributed by atoms with Crippen molar-refractivity contribution < 1.29 is 19.1 Å². The highest BCUT2D eigenvalue weighted by Gasteiger charge is 2.47. The first kappa shape index (κ1) is 24.0. The van der Waals surface area contributed by atoms with Crippen molar-refractivity contribution in [3.05, 3.63) is 47.5 Å². The number of nitrogens with one attached hydrogen (secondary N) is 3. The Kier molecular flexibility index (Phi) is 7.38. The molecule has 2 aromatic carbocycles. The summed E-state index contributed by atoms with van der Waals surface area (Å²) in [5.41, 5.74) is 10.1. The lowest BCUT2D eigenvalue weighted by molar-refractivity contribution is -0.108. The van der Waals surface area contributed by atoms with E-state index in [1.807, 2.05) is 30.3 Å². The smallest absolute Gasteiger partial charge is 0.126 e. The molecule has 5 N–H and O–H groups in total. The largest absolute Gasteiger partial charge is 0.496 e. The Morgan fingerprint density at radius 1 is 0.971 bits per heavy atom. The molecule has 2 aliphatic rings. The standard InChI is InChI=1S/C26H34N4O4/c1-33-21-10-3-8-19-23(21)17(7-5-15-31)18(29-19)12-14-28-26(13-6-16-32)24-20(30-25(26)27)9-4-11-22(24)34-2/h3-4,8-11,15-18,25,28-30H,5-7,12-14,27H2,1-2H3/t17-,18?,25?,26-/m1/s1. The normalized spacial score (nSPS) is 24.5. The number of benzene rings is 2. The van der Waals surface area contributed by atoms with Gasteiger partial charge in [0, 0.05) is 47.3 Å². The van der Waals surface area contributed by atoms with Crippen molar-refractivity contribution >= 4 is 23.9 Å². The molecule has 182 valence electrons. The summed E-state index contributed by atoms with van der Waals surface area (Å²) in [5.74, 6) is 1.76. The first-order valence-corrected chi connectivity index (χ1v) is 11.8. The highest BCUT2D eigenvalue weighted by Crippen LogP contribution is 2.47. The Morgan fingerprint density at radius 2 is 1.68 bits per heavy atom. The van der Waals surface area contributed by atoms with Crippen LogP contribution in [0.25, 0.3) is 0 Å². The minimum absolute atomic E-state index is 0.143. The van der Waals surface area contributed by atoms with Crippen molar-refractivity contribution in [1.29, 1.82) is 0 Å². The fraction of sp³-hybridized carbons (Fsp3) is 0.462. The number of fused-ring (bicyclic) bond motifs is 2. The maximum absolute atomic E-state index is 11.3. The van der Waals surface area contributed by atoms with Gasteiger partial charge in [0.25, 0.3) is 0 Å². The van der Waals surface area contributed by atoms with Crippen LogP contribution in [0.3, 0.4) is 0 Å². The zero-order valence-corrected chi connectivity index (χ0v) is 19.8. The zero-order chi connectivity index (χ0) is 24.1. The number of carbonyl (C=O) groups is 2. The van der Waals surface area contributed by atoms with Gasteiger partial charge in [0.05, 0.1) is 25.9 Å². The maximum atomic E-state index is 11.3. The van der Waals surface area contributed by atoms with E-state index in [0.717, 1.165) is 59.4 Å². The van der Waals surface area contributed by atoms with Crippen LogP contribution < -0.4 is 31.2 Å². The molecule has 4 rings (SSSR count). The Bertz CT molecular complexity index is 1030. The fourth-order valence-corrected chi connectivity index (χ4v) is 5.63. The third-order valence-corrected chi connectivity index (χ3v) is 7.17. The predicted octanol–water partition coefficient (Wildman–Crippen LogP) is 3.13. The quantitative estimate of drug-likeness (QED) is 0.353. The van der Waals surface area contributed by atoms with Gasteiger partial charge in [-0.1, -0.05) is 12.1 Å². The van der Waals surface area contributed by atoms with Gasteiger partial charge in [-0.05, 0) is 50.1 Å². The molecule has 0 bridgehead atoms. The highest BCUT2D eigenvalue weighted by atomic mass is 16.5. The van der Waals surface area contributed by atoms with Crippen molar-refractivity contribution in [1.82, 2.24) is 5.32 Å². The molecule has 8 heteroatoms. The Labute approximate surface area is 200 Å². The highest BCUT2D eigenvalue weighted by molar-refractivity contribution is 5.68. The lowest BCUT2D eigenvalue weighted by atomic mass is 9.83. The monoisotopic (exact) mass is 466 g/mol. The number of methoxy groups -OCH3 is 2. The SMILES string of the molecule is COc1cccc2c1[C@H](CCC=O)C(CCN[C@]1(CCC=O)c3c(cccc3OC)NC1N)N2.